The van der Waals surface area contributed by atoms with E-state index in [0.29, 0.717) is 18.3 Å². The SMILES string of the molecule is O=[N+]([O-])c1cc(/C=N/Nc2c(F)c(F)c(C(F)(F)F)c(F)c2F)c(O)c([N+](=O)[O-])c1. The molecule has 16 heteroatoms. The lowest BCUT2D eigenvalue weighted by molar-refractivity contribution is -0.394. The number of phenols is 1. The van der Waals surface area contributed by atoms with Crippen molar-refractivity contribution in [2.75, 3.05) is 5.43 Å². The third kappa shape index (κ3) is 4.06. The summed E-state index contributed by atoms with van der Waals surface area (Å²) in [7, 11) is 0. The minimum absolute atomic E-state index is 0.335. The number of benzene rings is 2. The van der Waals surface area contributed by atoms with Crippen molar-refractivity contribution < 1.29 is 45.7 Å². The van der Waals surface area contributed by atoms with Crippen LogP contribution in [0.1, 0.15) is 11.1 Å². The van der Waals surface area contributed by atoms with Gasteiger partial charge in [0.25, 0.3) is 5.69 Å². The van der Waals surface area contributed by atoms with E-state index in [1.54, 1.807) is 0 Å². The molecule has 0 amide bonds. The summed E-state index contributed by atoms with van der Waals surface area (Å²) in [5, 5.41) is 34.3. The Morgan fingerprint density at radius 2 is 1.50 bits per heavy atom. The zero-order chi connectivity index (χ0) is 23.0. The van der Waals surface area contributed by atoms with Crippen molar-refractivity contribution in [3.8, 4) is 5.75 Å². The molecule has 160 valence electrons. The Labute approximate surface area is 159 Å². The largest absolute Gasteiger partial charge is 0.502 e. The van der Waals surface area contributed by atoms with Crippen LogP contribution in [0.2, 0.25) is 0 Å². The monoisotopic (exact) mass is 442 g/mol. The van der Waals surface area contributed by atoms with E-state index in [1.165, 1.54) is 5.43 Å². The van der Waals surface area contributed by atoms with Gasteiger partial charge in [-0.15, -0.1) is 0 Å². The van der Waals surface area contributed by atoms with Crippen molar-refractivity contribution >= 4 is 23.3 Å². The molecule has 30 heavy (non-hydrogen) atoms. The Kier molecular flexibility index (Phi) is 5.80. The Balaban J connectivity index is 2.50. The van der Waals surface area contributed by atoms with Gasteiger partial charge in [-0.25, -0.2) is 17.6 Å². The van der Waals surface area contributed by atoms with Crippen LogP contribution in [-0.4, -0.2) is 21.2 Å². The summed E-state index contributed by atoms with van der Waals surface area (Å²) in [4.78, 5) is 19.3. The van der Waals surface area contributed by atoms with Gasteiger partial charge in [0.1, 0.15) is 11.3 Å². The molecule has 0 bridgehead atoms. The van der Waals surface area contributed by atoms with Gasteiger partial charge in [-0.2, -0.15) is 18.3 Å². The molecule has 2 aromatic carbocycles. The Morgan fingerprint density at radius 1 is 0.967 bits per heavy atom. The molecule has 0 heterocycles. The lowest BCUT2D eigenvalue weighted by Gasteiger charge is -2.13. The number of anilines is 1. The standard InChI is InChI=1S/C14H5F7N4O5/c15-8-7(14(19,20)21)9(16)11(18)12(10(8)17)23-22-3-4-1-5(24(27)28)2-6(13(4)26)25(29)30/h1-3,23,26H/b22-3+. The number of hydrogen-bond donors (Lipinski definition) is 2. The maximum atomic E-state index is 13.7. The van der Waals surface area contributed by atoms with Crippen LogP contribution in [0.25, 0.3) is 0 Å². The normalized spacial score (nSPS) is 11.7. The van der Waals surface area contributed by atoms with Crippen molar-refractivity contribution in [1.82, 2.24) is 0 Å². The number of nitrogens with zero attached hydrogens (tertiary/aromatic N) is 3. The Bertz CT molecular complexity index is 1060. The number of nitro groups is 2. The van der Waals surface area contributed by atoms with Gasteiger partial charge in [-0.05, 0) is 0 Å². The molecule has 0 aliphatic rings. The first kappa shape index (κ1) is 22.3. The third-order valence-electron chi connectivity index (χ3n) is 3.44. The highest BCUT2D eigenvalue weighted by Gasteiger charge is 2.42. The van der Waals surface area contributed by atoms with E-state index in [9.17, 15) is 56.1 Å². The van der Waals surface area contributed by atoms with Crippen LogP contribution < -0.4 is 5.43 Å². The van der Waals surface area contributed by atoms with Gasteiger partial charge in [0.2, 0.25) is 5.75 Å². The fourth-order valence-corrected chi connectivity index (χ4v) is 2.11. The number of halogens is 7. The summed E-state index contributed by atoms with van der Waals surface area (Å²) < 4.78 is 92.1. The van der Waals surface area contributed by atoms with Gasteiger partial charge in [0.15, 0.2) is 23.3 Å². The Hall–Kier alpha value is -3.98. The molecule has 0 radical (unpaired) electrons. The van der Waals surface area contributed by atoms with Crippen LogP contribution in [0.3, 0.4) is 0 Å². The van der Waals surface area contributed by atoms with Gasteiger partial charge >= 0.3 is 11.9 Å². The second-order valence-corrected chi connectivity index (χ2v) is 5.29. The molecule has 0 aliphatic carbocycles. The number of phenolic OH excluding ortho intramolecular Hbond substituents is 1. The van der Waals surface area contributed by atoms with Gasteiger partial charge in [-0.3, -0.25) is 25.7 Å². The number of rotatable bonds is 5. The highest BCUT2D eigenvalue weighted by atomic mass is 19.4. The van der Waals surface area contributed by atoms with E-state index in [1.807, 2.05) is 0 Å². The van der Waals surface area contributed by atoms with Crippen molar-refractivity contribution in [1.29, 1.82) is 0 Å². The lowest BCUT2D eigenvalue weighted by Crippen LogP contribution is -2.16. The molecule has 2 aromatic rings. The summed E-state index contributed by atoms with van der Waals surface area (Å²) in [6.45, 7) is 0. The van der Waals surface area contributed by atoms with E-state index in [-0.39, 0.29) is 0 Å². The molecular weight excluding hydrogens is 437 g/mol. The predicted molar refractivity (Wildman–Crippen MR) is 83.9 cm³/mol. The molecule has 2 rings (SSSR count). The fourth-order valence-electron chi connectivity index (χ4n) is 2.11. The molecule has 9 nitrogen and oxygen atoms in total. The molecule has 0 aliphatic heterocycles. The second kappa shape index (κ2) is 7.80. The maximum absolute atomic E-state index is 13.7. The molecule has 0 saturated heterocycles. The lowest BCUT2D eigenvalue weighted by atomic mass is 10.1. The zero-order valence-corrected chi connectivity index (χ0v) is 13.8. The number of hydrogen-bond acceptors (Lipinski definition) is 7. The third-order valence-corrected chi connectivity index (χ3v) is 3.44. The summed E-state index contributed by atoms with van der Waals surface area (Å²) in [5.74, 6) is -11.7. The van der Waals surface area contributed by atoms with Crippen molar-refractivity contribution in [2.24, 2.45) is 5.10 Å². The molecular formula is C14H5F7N4O5. The zero-order valence-electron chi connectivity index (χ0n) is 13.8. The van der Waals surface area contributed by atoms with E-state index in [2.05, 4.69) is 5.10 Å². The van der Waals surface area contributed by atoms with Gasteiger partial charge < -0.3 is 5.11 Å². The van der Waals surface area contributed by atoms with Crippen LogP contribution in [0, 0.1) is 43.5 Å². The molecule has 0 unspecified atom stereocenters. The van der Waals surface area contributed by atoms with E-state index < -0.39 is 73.2 Å². The second-order valence-electron chi connectivity index (χ2n) is 5.29. The molecule has 0 spiro atoms. The quantitative estimate of drug-likeness (QED) is 0.234. The number of alkyl halides is 3. The number of aromatic hydroxyl groups is 1. The summed E-state index contributed by atoms with van der Waals surface area (Å²) in [6, 6.07) is 0.939. The summed E-state index contributed by atoms with van der Waals surface area (Å²) in [5.41, 5.74) is -6.06. The average molecular weight is 442 g/mol. The smallest absolute Gasteiger partial charge is 0.422 e. The number of nitro benzene ring substituents is 2. The average Bonchev–Trinajstić information content (AvgIpc) is 2.62. The van der Waals surface area contributed by atoms with E-state index in [4.69, 9.17) is 0 Å². The van der Waals surface area contributed by atoms with Crippen LogP contribution in [0.4, 0.5) is 47.8 Å². The molecule has 0 saturated carbocycles. The number of nitrogens with one attached hydrogen (secondary N) is 1. The first-order valence-electron chi connectivity index (χ1n) is 7.15. The molecule has 2 N–H and O–H groups in total. The van der Waals surface area contributed by atoms with Crippen molar-refractivity contribution in [3.05, 3.63) is 66.8 Å². The highest BCUT2D eigenvalue weighted by molar-refractivity contribution is 5.87. The van der Waals surface area contributed by atoms with Gasteiger partial charge in [0, 0.05) is 6.07 Å². The summed E-state index contributed by atoms with van der Waals surface area (Å²) >= 11 is 0. The number of non-ortho nitro benzene ring substituents is 1. The van der Waals surface area contributed by atoms with Crippen LogP contribution in [-0.2, 0) is 6.18 Å². The molecule has 0 fully saturated rings. The van der Waals surface area contributed by atoms with Gasteiger partial charge in [-0.1, -0.05) is 0 Å². The molecule has 0 atom stereocenters. The minimum Gasteiger partial charge on any atom is -0.502 e. The highest BCUT2D eigenvalue weighted by Crippen LogP contribution is 2.38. The first-order chi connectivity index (χ1) is 13.8. The fraction of sp³-hybridized carbons (Fsp3) is 0.0714. The van der Waals surface area contributed by atoms with Crippen LogP contribution in [0.15, 0.2) is 17.2 Å². The topological polar surface area (TPSA) is 131 Å². The first-order valence-corrected chi connectivity index (χ1v) is 7.15. The Morgan fingerprint density at radius 3 is 1.93 bits per heavy atom. The predicted octanol–water partition coefficient (Wildman–Crippen LogP) is 4.23. The molecule has 0 aromatic heterocycles. The van der Waals surface area contributed by atoms with Gasteiger partial charge in [0.05, 0.1) is 27.7 Å². The van der Waals surface area contributed by atoms with Crippen LogP contribution in [0.5, 0.6) is 5.75 Å². The number of hydrazone groups is 1. The van der Waals surface area contributed by atoms with E-state index >= 15 is 0 Å². The van der Waals surface area contributed by atoms with E-state index in [0.717, 1.165) is 0 Å². The summed E-state index contributed by atoms with van der Waals surface area (Å²) in [6.07, 6.45) is -5.42. The minimum atomic E-state index is -5.76. The maximum Gasteiger partial charge on any atom is 0.422 e. The van der Waals surface area contributed by atoms with Crippen molar-refractivity contribution in [3.63, 3.8) is 0 Å². The van der Waals surface area contributed by atoms with Crippen LogP contribution >= 0.6 is 0 Å². The van der Waals surface area contributed by atoms with Crippen molar-refractivity contribution in [2.45, 2.75) is 6.18 Å².